The molecule has 0 bridgehead atoms. The third kappa shape index (κ3) is 6.31. The summed E-state index contributed by atoms with van der Waals surface area (Å²) in [5.41, 5.74) is 4.97. The molecular weight excluding hydrogens is 498 g/mol. The number of rotatable bonds is 9. The molecule has 1 aliphatic heterocycles. The molecule has 2 heterocycles. The van der Waals surface area contributed by atoms with Crippen LogP contribution in [0.3, 0.4) is 0 Å². The zero-order valence-corrected chi connectivity index (χ0v) is 22.9. The van der Waals surface area contributed by atoms with Gasteiger partial charge in [0.05, 0.1) is 17.1 Å². The van der Waals surface area contributed by atoms with Crippen LogP contribution in [0.25, 0.3) is 0 Å². The number of nitrogens with zero attached hydrogens (tertiary/aromatic N) is 3. The first-order valence-corrected chi connectivity index (χ1v) is 14.0. The first kappa shape index (κ1) is 28.6. The molecule has 204 valence electrons. The molecule has 0 unspecified atom stereocenters. The molecule has 1 aromatic heterocycles. The van der Waals surface area contributed by atoms with Crippen molar-refractivity contribution in [1.82, 2.24) is 13.9 Å². The topological polar surface area (TPSA) is 148 Å². The maximum absolute atomic E-state index is 13.6. The van der Waals surface area contributed by atoms with Crippen molar-refractivity contribution in [1.29, 1.82) is 0 Å². The van der Waals surface area contributed by atoms with E-state index in [0.717, 1.165) is 6.42 Å². The molecule has 1 fully saturated rings. The minimum absolute atomic E-state index is 0.0243. The first-order chi connectivity index (χ1) is 17.4. The number of hydrogen-bond donors (Lipinski definition) is 2. The predicted molar refractivity (Wildman–Crippen MR) is 142 cm³/mol. The summed E-state index contributed by atoms with van der Waals surface area (Å²) < 4.78 is 34.7. The monoisotopic (exact) mass is 535 g/mol. The van der Waals surface area contributed by atoms with Crippen molar-refractivity contribution in [2.45, 2.75) is 71.1 Å². The van der Waals surface area contributed by atoms with Gasteiger partial charge in [-0.3, -0.25) is 19.1 Å². The van der Waals surface area contributed by atoms with Crippen molar-refractivity contribution in [3.63, 3.8) is 0 Å². The van der Waals surface area contributed by atoms with E-state index in [-0.39, 0.29) is 59.7 Å². The number of morpholine rings is 1. The second kappa shape index (κ2) is 11.6. The van der Waals surface area contributed by atoms with E-state index in [1.807, 2.05) is 34.6 Å². The lowest BCUT2D eigenvalue weighted by Crippen LogP contribution is -2.48. The van der Waals surface area contributed by atoms with Crippen molar-refractivity contribution >= 4 is 27.4 Å². The normalized spacial score (nSPS) is 18.8. The Bertz CT molecular complexity index is 1320. The Hall–Kier alpha value is -2.96. The Morgan fingerprint density at radius 2 is 1.76 bits per heavy atom. The fourth-order valence-electron chi connectivity index (χ4n) is 4.42. The maximum Gasteiger partial charge on any atom is 0.330 e. The standard InChI is InChI=1S/C25H37N5O6S/c1-6-7-12-29-22(26)21(23(31)27-25(29)33)30(13-16(2)3)24(32)19-8-10-20(11-9-19)37(34,35)28-14-17(4)36-18(5)15-28/h8-11,16-18H,6-7,12-15,26H2,1-5H3,(H,27,31,33)/t17-,18-/m0/s1. The summed E-state index contributed by atoms with van der Waals surface area (Å²) in [4.78, 5) is 42.4. The highest BCUT2D eigenvalue weighted by Gasteiger charge is 2.33. The third-order valence-corrected chi connectivity index (χ3v) is 7.98. The second-order valence-corrected chi connectivity index (χ2v) is 11.8. The number of nitrogen functional groups attached to an aromatic ring is 1. The van der Waals surface area contributed by atoms with Crippen LogP contribution in [0.2, 0.25) is 0 Å². The summed E-state index contributed by atoms with van der Waals surface area (Å²) in [7, 11) is -3.78. The summed E-state index contributed by atoms with van der Waals surface area (Å²) in [6, 6.07) is 5.62. The highest BCUT2D eigenvalue weighted by Crippen LogP contribution is 2.24. The molecule has 0 radical (unpaired) electrons. The molecule has 3 rings (SSSR count). The average Bonchev–Trinajstić information content (AvgIpc) is 2.82. The molecule has 1 aromatic carbocycles. The van der Waals surface area contributed by atoms with Gasteiger partial charge in [-0.2, -0.15) is 4.31 Å². The summed E-state index contributed by atoms with van der Waals surface area (Å²) in [5.74, 6) is -0.626. The van der Waals surface area contributed by atoms with E-state index in [0.29, 0.717) is 13.0 Å². The number of carbonyl (C=O) groups excluding carboxylic acids is 1. The van der Waals surface area contributed by atoms with Gasteiger partial charge in [0.2, 0.25) is 10.0 Å². The molecule has 2 atom stereocenters. The van der Waals surface area contributed by atoms with Gasteiger partial charge in [-0.15, -0.1) is 0 Å². The Labute approximate surface area is 217 Å². The zero-order valence-electron chi connectivity index (χ0n) is 22.1. The average molecular weight is 536 g/mol. The van der Waals surface area contributed by atoms with Crippen LogP contribution in [0.4, 0.5) is 11.5 Å². The number of carbonyl (C=O) groups is 1. The highest BCUT2D eigenvalue weighted by atomic mass is 32.2. The first-order valence-electron chi connectivity index (χ1n) is 12.6. The molecule has 3 N–H and O–H groups in total. The van der Waals surface area contributed by atoms with Crippen molar-refractivity contribution in [3.05, 3.63) is 50.7 Å². The fourth-order valence-corrected chi connectivity index (χ4v) is 6.01. The number of anilines is 2. The van der Waals surface area contributed by atoms with Gasteiger partial charge in [0, 0.05) is 31.7 Å². The van der Waals surface area contributed by atoms with Gasteiger partial charge < -0.3 is 15.4 Å². The highest BCUT2D eigenvalue weighted by molar-refractivity contribution is 7.89. The minimum atomic E-state index is -3.78. The third-order valence-electron chi connectivity index (χ3n) is 6.14. The SMILES string of the molecule is CCCCn1c(N)c(N(CC(C)C)C(=O)c2ccc(S(=O)(=O)N3C[C@H](C)O[C@@H](C)C3)cc2)c(=O)[nH]c1=O. The number of aromatic amines is 1. The van der Waals surface area contributed by atoms with Gasteiger partial charge in [-0.05, 0) is 50.5 Å². The van der Waals surface area contributed by atoms with Gasteiger partial charge in [0.1, 0.15) is 5.82 Å². The van der Waals surface area contributed by atoms with Crippen LogP contribution in [0.5, 0.6) is 0 Å². The van der Waals surface area contributed by atoms with E-state index in [2.05, 4.69) is 4.98 Å². The Morgan fingerprint density at radius 3 is 2.30 bits per heavy atom. The number of nitrogens with two attached hydrogens (primary N) is 1. The number of sulfonamides is 1. The van der Waals surface area contributed by atoms with E-state index in [1.165, 1.54) is 38.0 Å². The maximum atomic E-state index is 13.6. The van der Waals surface area contributed by atoms with Gasteiger partial charge in [0.15, 0.2) is 5.69 Å². The summed E-state index contributed by atoms with van der Waals surface area (Å²) in [5, 5.41) is 0. The van der Waals surface area contributed by atoms with Gasteiger partial charge in [0.25, 0.3) is 11.5 Å². The lowest BCUT2D eigenvalue weighted by molar-refractivity contribution is -0.0440. The van der Waals surface area contributed by atoms with Crippen LogP contribution >= 0.6 is 0 Å². The molecule has 37 heavy (non-hydrogen) atoms. The van der Waals surface area contributed by atoms with E-state index >= 15 is 0 Å². The molecular formula is C25H37N5O6S. The molecule has 2 aromatic rings. The number of aromatic nitrogens is 2. The smallest absolute Gasteiger partial charge is 0.330 e. The van der Waals surface area contributed by atoms with Gasteiger partial charge in [-0.1, -0.05) is 27.2 Å². The number of amides is 1. The zero-order chi connectivity index (χ0) is 27.5. The molecule has 12 heteroatoms. The quantitative estimate of drug-likeness (QED) is 0.499. The van der Waals surface area contributed by atoms with Crippen LogP contribution in [-0.4, -0.2) is 60.0 Å². The van der Waals surface area contributed by atoms with Crippen LogP contribution in [0.1, 0.15) is 57.8 Å². The Morgan fingerprint density at radius 1 is 1.16 bits per heavy atom. The van der Waals surface area contributed by atoms with E-state index in [9.17, 15) is 22.8 Å². The van der Waals surface area contributed by atoms with Crippen molar-refractivity contribution in [2.75, 3.05) is 30.3 Å². The molecule has 0 spiro atoms. The van der Waals surface area contributed by atoms with Crippen molar-refractivity contribution in [3.8, 4) is 0 Å². The van der Waals surface area contributed by atoms with Crippen molar-refractivity contribution < 1.29 is 17.9 Å². The van der Waals surface area contributed by atoms with Crippen LogP contribution in [0, 0.1) is 5.92 Å². The van der Waals surface area contributed by atoms with Crippen LogP contribution in [0.15, 0.2) is 38.8 Å². The van der Waals surface area contributed by atoms with E-state index < -0.39 is 27.2 Å². The number of unbranched alkanes of at least 4 members (excludes halogenated alkanes) is 1. The van der Waals surface area contributed by atoms with Crippen molar-refractivity contribution in [2.24, 2.45) is 5.92 Å². The number of H-pyrrole nitrogens is 1. The number of benzene rings is 1. The molecule has 1 aliphatic rings. The minimum Gasteiger partial charge on any atom is -0.383 e. The van der Waals surface area contributed by atoms with Crippen LogP contribution < -0.4 is 21.9 Å². The molecule has 0 aliphatic carbocycles. The number of nitrogens with one attached hydrogen (secondary N) is 1. The van der Waals surface area contributed by atoms with Crippen LogP contribution in [-0.2, 0) is 21.3 Å². The molecule has 0 saturated carbocycles. The van der Waals surface area contributed by atoms with E-state index in [4.69, 9.17) is 10.5 Å². The molecule has 1 saturated heterocycles. The summed E-state index contributed by atoms with van der Waals surface area (Å²) in [6.45, 7) is 10.3. The number of ether oxygens (including phenoxy) is 1. The lowest BCUT2D eigenvalue weighted by atomic mass is 10.1. The molecule has 11 nitrogen and oxygen atoms in total. The summed E-state index contributed by atoms with van der Waals surface area (Å²) in [6.07, 6.45) is 1.03. The van der Waals surface area contributed by atoms with Gasteiger partial charge in [-0.25, -0.2) is 13.2 Å². The largest absolute Gasteiger partial charge is 0.383 e. The summed E-state index contributed by atoms with van der Waals surface area (Å²) >= 11 is 0. The lowest BCUT2D eigenvalue weighted by Gasteiger charge is -2.34. The number of hydrogen-bond acceptors (Lipinski definition) is 7. The fraction of sp³-hybridized carbons (Fsp3) is 0.560. The van der Waals surface area contributed by atoms with Gasteiger partial charge >= 0.3 is 5.69 Å². The predicted octanol–water partition coefficient (Wildman–Crippen LogP) is 2.02. The Kier molecular flexibility index (Phi) is 8.98. The Balaban J connectivity index is 1.98. The second-order valence-electron chi connectivity index (χ2n) is 9.91. The molecule has 1 amide bonds. The van der Waals surface area contributed by atoms with E-state index in [1.54, 1.807) is 0 Å².